The van der Waals surface area contributed by atoms with Crippen LogP contribution in [0.4, 0.5) is 5.69 Å². The average molecular weight is 435 g/mol. The standard InChI is InChI=1S/C13H9Br2NO4S/c1-20-9-5-8(6(14)4-7(9)15)16-12(17)10-2-3-11(21-10)13(18)19/h2-5H,1H3,(H,16,17)(H,18,19). The van der Waals surface area contributed by atoms with E-state index in [1.165, 1.54) is 19.2 Å². The average Bonchev–Trinajstić information content (AvgIpc) is 2.91. The fraction of sp³-hybridized carbons (Fsp3) is 0.0769. The van der Waals surface area contributed by atoms with Crippen molar-refractivity contribution in [3.63, 3.8) is 0 Å². The van der Waals surface area contributed by atoms with Gasteiger partial charge in [0.05, 0.1) is 22.1 Å². The zero-order valence-electron chi connectivity index (χ0n) is 10.6. The van der Waals surface area contributed by atoms with Gasteiger partial charge in [-0.2, -0.15) is 0 Å². The SMILES string of the molecule is COc1cc(NC(=O)c2ccc(C(=O)O)s2)c(Br)cc1Br. The number of halogens is 2. The maximum Gasteiger partial charge on any atom is 0.345 e. The molecule has 1 aromatic carbocycles. The lowest BCUT2D eigenvalue weighted by Gasteiger charge is -2.10. The summed E-state index contributed by atoms with van der Waals surface area (Å²) >= 11 is 7.61. The van der Waals surface area contributed by atoms with Crippen LogP contribution in [-0.2, 0) is 0 Å². The molecule has 0 unspecified atom stereocenters. The molecule has 0 fully saturated rings. The molecule has 0 saturated carbocycles. The van der Waals surface area contributed by atoms with E-state index in [0.29, 0.717) is 20.8 Å². The summed E-state index contributed by atoms with van der Waals surface area (Å²) in [6.07, 6.45) is 0. The van der Waals surface area contributed by atoms with Crippen LogP contribution < -0.4 is 10.1 Å². The van der Waals surface area contributed by atoms with Gasteiger partial charge in [-0.05, 0) is 50.1 Å². The molecule has 0 atom stereocenters. The number of nitrogens with one attached hydrogen (secondary N) is 1. The number of carbonyl (C=O) groups excluding carboxylic acids is 1. The molecule has 110 valence electrons. The van der Waals surface area contributed by atoms with Crippen LogP contribution in [0.5, 0.6) is 5.75 Å². The van der Waals surface area contributed by atoms with Crippen molar-refractivity contribution < 1.29 is 19.4 Å². The van der Waals surface area contributed by atoms with E-state index >= 15 is 0 Å². The largest absolute Gasteiger partial charge is 0.495 e. The van der Waals surface area contributed by atoms with Gasteiger partial charge in [0.2, 0.25) is 0 Å². The number of benzene rings is 1. The maximum atomic E-state index is 12.1. The predicted molar refractivity (Wildman–Crippen MR) is 87.6 cm³/mol. The van der Waals surface area contributed by atoms with E-state index in [9.17, 15) is 9.59 Å². The Hall–Kier alpha value is -1.38. The van der Waals surface area contributed by atoms with E-state index in [4.69, 9.17) is 9.84 Å². The van der Waals surface area contributed by atoms with Crippen molar-refractivity contribution in [2.75, 3.05) is 12.4 Å². The molecule has 8 heteroatoms. The lowest BCUT2D eigenvalue weighted by Crippen LogP contribution is -2.10. The van der Waals surface area contributed by atoms with Gasteiger partial charge in [0.25, 0.3) is 5.91 Å². The molecule has 5 nitrogen and oxygen atoms in total. The fourth-order valence-electron chi connectivity index (χ4n) is 1.54. The summed E-state index contributed by atoms with van der Waals surface area (Å²) in [4.78, 5) is 23.4. The number of hydrogen-bond donors (Lipinski definition) is 2. The van der Waals surface area contributed by atoms with Crippen molar-refractivity contribution in [3.05, 3.63) is 43.0 Å². The van der Waals surface area contributed by atoms with E-state index < -0.39 is 5.97 Å². The zero-order chi connectivity index (χ0) is 15.6. The fourth-order valence-corrected chi connectivity index (χ4v) is 3.54. The van der Waals surface area contributed by atoms with E-state index in [1.54, 1.807) is 12.1 Å². The third kappa shape index (κ3) is 3.63. The van der Waals surface area contributed by atoms with Crippen LogP contribution in [0.1, 0.15) is 19.3 Å². The number of amides is 1. The van der Waals surface area contributed by atoms with Crippen molar-refractivity contribution in [2.24, 2.45) is 0 Å². The van der Waals surface area contributed by atoms with Gasteiger partial charge in [-0.15, -0.1) is 11.3 Å². The molecule has 21 heavy (non-hydrogen) atoms. The third-order valence-electron chi connectivity index (χ3n) is 2.53. The number of aromatic carboxylic acids is 1. The van der Waals surface area contributed by atoms with Crippen LogP contribution in [0.15, 0.2) is 33.2 Å². The van der Waals surface area contributed by atoms with Gasteiger partial charge < -0.3 is 15.2 Å². The van der Waals surface area contributed by atoms with E-state index in [-0.39, 0.29) is 10.8 Å². The number of carboxylic acid groups (broad SMARTS) is 1. The molecule has 1 amide bonds. The number of rotatable bonds is 4. The molecule has 0 saturated heterocycles. The summed E-state index contributed by atoms with van der Waals surface area (Å²) in [7, 11) is 1.53. The van der Waals surface area contributed by atoms with Crippen molar-refractivity contribution in [3.8, 4) is 5.75 Å². The molecule has 0 spiro atoms. The molecule has 2 aromatic rings. The number of methoxy groups -OCH3 is 1. The molecule has 0 bridgehead atoms. The minimum Gasteiger partial charge on any atom is -0.495 e. The second-order valence-corrected chi connectivity index (χ2v) is 6.68. The first kappa shape index (κ1) is 16.0. The number of carbonyl (C=O) groups is 2. The predicted octanol–water partition coefficient (Wildman–Crippen LogP) is 4.23. The Labute approximate surface area is 141 Å². The lowest BCUT2D eigenvalue weighted by atomic mass is 10.3. The normalized spacial score (nSPS) is 10.2. The van der Waals surface area contributed by atoms with Gasteiger partial charge in [0.15, 0.2) is 0 Å². The molecular weight excluding hydrogens is 426 g/mol. The van der Waals surface area contributed by atoms with Gasteiger partial charge in [0, 0.05) is 10.5 Å². The Kier molecular flexibility index (Phi) is 5.02. The molecular formula is C13H9Br2NO4S. The third-order valence-corrected chi connectivity index (χ3v) is 4.88. The van der Waals surface area contributed by atoms with Crippen LogP contribution in [0.2, 0.25) is 0 Å². The molecule has 0 radical (unpaired) electrons. The minimum absolute atomic E-state index is 0.118. The van der Waals surface area contributed by atoms with E-state index in [0.717, 1.165) is 15.8 Å². The smallest absolute Gasteiger partial charge is 0.345 e. The van der Waals surface area contributed by atoms with Gasteiger partial charge >= 0.3 is 5.97 Å². The highest BCUT2D eigenvalue weighted by atomic mass is 79.9. The number of anilines is 1. The van der Waals surface area contributed by atoms with Crippen molar-refractivity contribution in [2.45, 2.75) is 0 Å². The van der Waals surface area contributed by atoms with Crippen LogP contribution in [0.25, 0.3) is 0 Å². The van der Waals surface area contributed by atoms with Crippen molar-refractivity contribution in [1.29, 1.82) is 0 Å². The Morgan fingerprint density at radius 3 is 2.43 bits per heavy atom. The molecule has 1 heterocycles. The summed E-state index contributed by atoms with van der Waals surface area (Å²) in [5.74, 6) is -0.853. The van der Waals surface area contributed by atoms with Crippen LogP contribution in [0.3, 0.4) is 0 Å². The topological polar surface area (TPSA) is 75.6 Å². The first-order chi connectivity index (χ1) is 9.92. The van der Waals surface area contributed by atoms with Crippen LogP contribution >= 0.6 is 43.2 Å². The summed E-state index contributed by atoms with van der Waals surface area (Å²) in [5, 5.41) is 11.6. The van der Waals surface area contributed by atoms with Gasteiger partial charge in [0.1, 0.15) is 10.6 Å². The number of hydrogen-bond acceptors (Lipinski definition) is 4. The first-order valence-corrected chi connectivity index (χ1v) is 8.00. The summed E-state index contributed by atoms with van der Waals surface area (Å²) < 4.78 is 6.60. The van der Waals surface area contributed by atoms with Gasteiger partial charge in [-0.25, -0.2) is 4.79 Å². The minimum atomic E-state index is -1.05. The highest BCUT2D eigenvalue weighted by Gasteiger charge is 2.15. The monoisotopic (exact) mass is 433 g/mol. The maximum absolute atomic E-state index is 12.1. The van der Waals surface area contributed by atoms with Crippen molar-refractivity contribution >= 4 is 60.8 Å². The second-order valence-electron chi connectivity index (χ2n) is 3.89. The molecule has 2 rings (SSSR count). The summed E-state index contributed by atoms with van der Waals surface area (Å²) in [6, 6.07) is 6.30. The molecule has 0 aliphatic carbocycles. The van der Waals surface area contributed by atoms with Crippen molar-refractivity contribution in [1.82, 2.24) is 0 Å². The first-order valence-electron chi connectivity index (χ1n) is 5.60. The number of thiophene rings is 1. The Balaban J connectivity index is 2.24. The molecule has 0 aliphatic rings. The lowest BCUT2D eigenvalue weighted by molar-refractivity contribution is 0.0702. The molecule has 2 N–H and O–H groups in total. The van der Waals surface area contributed by atoms with Crippen LogP contribution in [0, 0.1) is 0 Å². The summed E-state index contributed by atoms with van der Waals surface area (Å²) in [6.45, 7) is 0. The Morgan fingerprint density at radius 1 is 1.19 bits per heavy atom. The highest BCUT2D eigenvalue weighted by Crippen LogP contribution is 2.35. The van der Waals surface area contributed by atoms with E-state index in [2.05, 4.69) is 37.2 Å². The van der Waals surface area contributed by atoms with E-state index in [1.807, 2.05) is 0 Å². The van der Waals surface area contributed by atoms with Crippen LogP contribution in [-0.4, -0.2) is 24.1 Å². The Bertz CT molecular complexity index is 714. The quantitative estimate of drug-likeness (QED) is 0.754. The number of ether oxygens (including phenoxy) is 1. The Morgan fingerprint density at radius 2 is 1.86 bits per heavy atom. The van der Waals surface area contributed by atoms with Gasteiger partial charge in [-0.3, -0.25) is 4.79 Å². The molecule has 0 aliphatic heterocycles. The summed E-state index contributed by atoms with van der Waals surface area (Å²) in [5.41, 5.74) is 0.533. The molecule has 1 aromatic heterocycles. The zero-order valence-corrected chi connectivity index (χ0v) is 14.6. The highest BCUT2D eigenvalue weighted by molar-refractivity contribution is 9.11. The second kappa shape index (κ2) is 6.59. The van der Waals surface area contributed by atoms with Gasteiger partial charge in [-0.1, -0.05) is 0 Å². The number of carboxylic acids is 1.